The van der Waals surface area contributed by atoms with Crippen LogP contribution in [0.3, 0.4) is 0 Å². The van der Waals surface area contributed by atoms with Crippen LogP contribution >= 0.6 is 0 Å². The van der Waals surface area contributed by atoms with E-state index in [0.717, 1.165) is 25.1 Å². The fraction of sp³-hybridized carbons (Fsp3) is 0.333. The normalized spacial score (nSPS) is 10.6. The first-order valence-corrected chi connectivity index (χ1v) is 6.30. The number of aromatic nitrogens is 1. The van der Waals surface area contributed by atoms with Gasteiger partial charge in [-0.05, 0) is 49.2 Å². The van der Waals surface area contributed by atoms with Gasteiger partial charge in [-0.1, -0.05) is 12.1 Å². The van der Waals surface area contributed by atoms with Gasteiger partial charge in [-0.2, -0.15) is 0 Å². The van der Waals surface area contributed by atoms with E-state index in [1.807, 2.05) is 12.1 Å². The lowest BCUT2D eigenvalue weighted by molar-refractivity contribution is 0.414. The Hall–Kier alpha value is -1.74. The number of methoxy groups -OCH3 is 1. The maximum Gasteiger partial charge on any atom is 0.119 e. The van der Waals surface area contributed by atoms with E-state index < -0.39 is 0 Å². The maximum absolute atomic E-state index is 5.60. The molecule has 0 aliphatic heterocycles. The minimum absolute atomic E-state index is 0.698. The van der Waals surface area contributed by atoms with Crippen molar-refractivity contribution in [3.05, 3.63) is 53.9 Å². The quantitative estimate of drug-likeness (QED) is 0.846. The second-order valence-electron chi connectivity index (χ2n) is 4.33. The van der Waals surface area contributed by atoms with Crippen LogP contribution in [0.25, 0.3) is 0 Å². The first kappa shape index (κ1) is 12.7. The van der Waals surface area contributed by atoms with Crippen molar-refractivity contribution in [3.63, 3.8) is 0 Å². The molecule has 0 radical (unpaired) electrons. The van der Waals surface area contributed by atoms with Crippen molar-refractivity contribution in [3.8, 4) is 5.75 Å². The highest BCUT2D eigenvalue weighted by atomic mass is 16.5. The molecule has 3 heteroatoms. The van der Waals surface area contributed by atoms with Gasteiger partial charge in [0.2, 0.25) is 0 Å². The second-order valence-corrected chi connectivity index (χ2v) is 4.33. The average Bonchev–Trinajstić information content (AvgIpc) is 2.85. The van der Waals surface area contributed by atoms with Crippen molar-refractivity contribution in [2.24, 2.45) is 5.73 Å². The Bertz CT molecular complexity index is 491. The van der Waals surface area contributed by atoms with Crippen molar-refractivity contribution in [1.82, 2.24) is 4.57 Å². The number of nitrogens with zero attached hydrogens (tertiary/aromatic N) is 1. The highest BCUT2D eigenvalue weighted by molar-refractivity contribution is 5.28. The van der Waals surface area contributed by atoms with Gasteiger partial charge in [0.1, 0.15) is 5.75 Å². The van der Waals surface area contributed by atoms with Crippen LogP contribution in [-0.2, 0) is 19.4 Å². The maximum atomic E-state index is 5.60. The van der Waals surface area contributed by atoms with Gasteiger partial charge >= 0.3 is 0 Å². The molecule has 3 nitrogen and oxygen atoms in total. The van der Waals surface area contributed by atoms with Crippen molar-refractivity contribution in [2.75, 3.05) is 13.7 Å². The van der Waals surface area contributed by atoms with Crippen LogP contribution in [0.4, 0.5) is 0 Å². The fourth-order valence-electron chi connectivity index (χ4n) is 2.12. The third kappa shape index (κ3) is 3.14. The molecule has 0 bridgehead atoms. The number of nitrogens with two attached hydrogens (primary N) is 1. The Balaban J connectivity index is 1.99. The lowest BCUT2D eigenvalue weighted by atomic mass is 10.1. The standard InChI is InChI=1S/C15H20N2O/c1-18-15-6-2-4-13(12-15)8-11-17-10-3-5-14(17)7-9-16/h2-6,10,12H,7-9,11,16H2,1H3. The molecule has 0 aliphatic carbocycles. The highest BCUT2D eigenvalue weighted by Crippen LogP contribution is 2.14. The molecule has 2 N–H and O–H groups in total. The van der Waals surface area contributed by atoms with Gasteiger partial charge < -0.3 is 15.0 Å². The lowest BCUT2D eigenvalue weighted by Gasteiger charge is -2.09. The molecule has 0 saturated heterocycles. The third-order valence-corrected chi connectivity index (χ3v) is 3.10. The smallest absolute Gasteiger partial charge is 0.119 e. The Morgan fingerprint density at radius 3 is 2.83 bits per heavy atom. The van der Waals surface area contributed by atoms with Crippen LogP contribution in [0.2, 0.25) is 0 Å². The molecule has 0 fully saturated rings. The van der Waals surface area contributed by atoms with E-state index in [4.69, 9.17) is 10.5 Å². The van der Waals surface area contributed by atoms with Crippen LogP contribution in [-0.4, -0.2) is 18.2 Å². The zero-order valence-corrected chi connectivity index (χ0v) is 10.8. The highest BCUT2D eigenvalue weighted by Gasteiger charge is 2.01. The molecule has 2 aromatic rings. The summed E-state index contributed by atoms with van der Waals surface area (Å²) < 4.78 is 7.50. The van der Waals surface area contributed by atoms with E-state index in [0.29, 0.717) is 6.54 Å². The Kier molecular flexibility index (Phi) is 4.42. The van der Waals surface area contributed by atoms with E-state index in [2.05, 4.69) is 35.0 Å². The number of ether oxygens (including phenoxy) is 1. The van der Waals surface area contributed by atoms with E-state index in [1.54, 1.807) is 7.11 Å². The summed E-state index contributed by atoms with van der Waals surface area (Å²) in [7, 11) is 1.70. The van der Waals surface area contributed by atoms with Gasteiger partial charge in [0.25, 0.3) is 0 Å². The van der Waals surface area contributed by atoms with Gasteiger partial charge in [0.05, 0.1) is 7.11 Å². The van der Waals surface area contributed by atoms with Gasteiger partial charge in [0, 0.05) is 18.4 Å². The van der Waals surface area contributed by atoms with E-state index in [-0.39, 0.29) is 0 Å². The summed E-state index contributed by atoms with van der Waals surface area (Å²) >= 11 is 0. The minimum Gasteiger partial charge on any atom is -0.497 e. The molecule has 96 valence electrons. The number of benzene rings is 1. The van der Waals surface area contributed by atoms with Crippen molar-refractivity contribution < 1.29 is 4.74 Å². The zero-order chi connectivity index (χ0) is 12.8. The Morgan fingerprint density at radius 2 is 2.06 bits per heavy atom. The van der Waals surface area contributed by atoms with Crippen molar-refractivity contribution >= 4 is 0 Å². The molecular formula is C15H20N2O. The third-order valence-electron chi connectivity index (χ3n) is 3.10. The Morgan fingerprint density at radius 1 is 1.17 bits per heavy atom. The molecule has 2 rings (SSSR count). The molecule has 0 saturated carbocycles. The van der Waals surface area contributed by atoms with Gasteiger partial charge in [-0.3, -0.25) is 0 Å². The van der Waals surface area contributed by atoms with Gasteiger partial charge in [-0.15, -0.1) is 0 Å². The van der Waals surface area contributed by atoms with E-state index in [9.17, 15) is 0 Å². The summed E-state index contributed by atoms with van der Waals surface area (Å²) in [6.07, 6.45) is 4.06. The summed E-state index contributed by atoms with van der Waals surface area (Å²) in [5.41, 5.74) is 8.20. The van der Waals surface area contributed by atoms with E-state index in [1.165, 1.54) is 11.3 Å². The molecule has 0 unspecified atom stereocenters. The molecule has 0 spiro atoms. The summed E-state index contributed by atoms with van der Waals surface area (Å²) in [5.74, 6) is 0.919. The minimum atomic E-state index is 0.698. The zero-order valence-electron chi connectivity index (χ0n) is 10.8. The monoisotopic (exact) mass is 244 g/mol. The van der Waals surface area contributed by atoms with Crippen LogP contribution in [0, 0.1) is 0 Å². The van der Waals surface area contributed by atoms with E-state index >= 15 is 0 Å². The molecule has 0 amide bonds. The first-order chi connectivity index (χ1) is 8.83. The Labute approximate surface area is 108 Å². The lowest BCUT2D eigenvalue weighted by Crippen LogP contribution is -2.09. The fourth-order valence-corrected chi connectivity index (χ4v) is 2.12. The van der Waals surface area contributed by atoms with Gasteiger partial charge in [-0.25, -0.2) is 0 Å². The van der Waals surface area contributed by atoms with Crippen molar-refractivity contribution in [2.45, 2.75) is 19.4 Å². The predicted octanol–water partition coefficient (Wildman–Crippen LogP) is 2.24. The molecule has 18 heavy (non-hydrogen) atoms. The first-order valence-electron chi connectivity index (χ1n) is 6.30. The average molecular weight is 244 g/mol. The molecule has 1 heterocycles. The summed E-state index contributed by atoms with van der Waals surface area (Å²) in [5, 5.41) is 0. The van der Waals surface area contributed by atoms with Crippen molar-refractivity contribution in [1.29, 1.82) is 0 Å². The number of rotatable bonds is 6. The molecule has 1 aromatic heterocycles. The topological polar surface area (TPSA) is 40.2 Å². The largest absolute Gasteiger partial charge is 0.497 e. The summed E-state index contributed by atoms with van der Waals surface area (Å²) in [4.78, 5) is 0. The second kappa shape index (κ2) is 6.26. The molecule has 0 aliphatic rings. The number of aryl methyl sites for hydroxylation is 2. The molecule has 1 aromatic carbocycles. The summed E-state index contributed by atoms with van der Waals surface area (Å²) in [6.45, 7) is 1.68. The van der Waals surface area contributed by atoms with Crippen LogP contribution in [0.15, 0.2) is 42.6 Å². The van der Waals surface area contributed by atoms with Crippen LogP contribution < -0.4 is 10.5 Å². The molecule has 0 atom stereocenters. The number of hydrogen-bond acceptors (Lipinski definition) is 2. The van der Waals surface area contributed by atoms with Gasteiger partial charge in [0.15, 0.2) is 0 Å². The summed E-state index contributed by atoms with van der Waals surface area (Å²) in [6, 6.07) is 12.4. The SMILES string of the molecule is COc1cccc(CCn2cccc2CCN)c1. The number of hydrogen-bond donors (Lipinski definition) is 1. The predicted molar refractivity (Wildman–Crippen MR) is 73.9 cm³/mol. The molecular weight excluding hydrogens is 224 g/mol. The van der Waals surface area contributed by atoms with Crippen LogP contribution in [0.5, 0.6) is 5.75 Å². The van der Waals surface area contributed by atoms with Crippen LogP contribution in [0.1, 0.15) is 11.3 Å².